The van der Waals surface area contributed by atoms with E-state index in [1.807, 2.05) is 56.1 Å². The number of nitrogens with zero attached hydrogens (tertiary/aromatic N) is 2. The van der Waals surface area contributed by atoms with Crippen molar-refractivity contribution in [2.45, 2.75) is 20.0 Å². The van der Waals surface area contributed by atoms with Gasteiger partial charge < -0.3 is 9.64 Å². The van der Waals surface area contributed by atoms with Gasteiger partial charge in [0.25, 0.3) is 0 Å². The molecule has 0 spiro atoms. The second-order valence-electron chi connectivity index (χ2n) is 5.19. The van der Waals surface area contributed by atoms with Crippen LogP contribution in [0.1, 0.15) is 24.2 Å². The van der Waals surface area contributed by atoms with Gasteiger partial charge in [-0.05, 0) is 50.2 Å². The van der Waals surface area contributed by atoms with Gasteiger partial charge in [0.2, 0.25) is 0 Å². The van der Waals surface area contributed by atoms with Gasteiger partial charge in [-0.2, -0.15) is 0 Å². The number of ether oxygens (including phenoxy) is 1. The molecule has 0 atom stereocenters. The van der Waals surface area contributed by atoms with E-state index in [0.29, 0.717) is 5.56 Å². The molecule has 0 N–H and O–H groups in total. The molecule has 0 radical (unpaired) electrons. The molecule has 114 valence electrons. The smallest absolute Gasteiger partial charge is 0.338 e. The predicted octanol–water partition coefficient (Wildman–Crippen LogP) is 4.05. The van der Waals surface area contributed by atoms with Crippen LogP contribution in [0.2, 0.25) is 0 Å². The highest BCUT2D eigenvalue weighted by molar-refractivity contribution is 5.90. The summed E-state index contributed by atoms with van der Waals surface area (Å²) < 4.78 is 5.15. The van der Waals surface area contributed by atoms with Gasteiger partial charge in [0.05, 0.1) is 23.7 Å². The van der Waals surface area contributed by atoms with Crippen LogP contribution in [0.4, 0.5) is 11.4 Å². The van der Waals surface area contributed by atoms with Crippen LogP contribution >= 0.6 is 0 Å². The molecular formula is C18H20N2O2. The molecule has 4 nitrogen and oxygen atoms in total. The Morgan fingerprint density at radius 2 is 1.73 bits per heavy atom. The molecule has 2 aromatic carbocycles. The third-order valence-corrected chi connectivity index (χ3v) is 2.99. The van der Waals surface area contributed by atoms with Gasteiger partial charge in [-0.25, -0.2) is 9.79 Å². The lowest BCUT2D eigenvalue weighted by molar-refractivity contribution is 0.0378. The first-order valence-corrected chi connectivity index (χ1v) is 7.19. The summed E-state index contributed by atoms with van der Waals surface area (Å²) in [4.78, 5) is 18.1. The number of carbonyl (C=O) groups excluding carboxylic acids is 1. The molecule has 0 aliphatic rings. The van der Waals surface area contributed by atoms with E-state index in [1.165, 1.54) is 0 Å². The molecule has 0 fully saturated rings. The largest absolute Gasteiger partial charge is 0.459 e. The molecule has 0 amide bonds. The maximum Gasteiger partial charge on any atom is 0.338 e. The van der Waals surface area contributed by atoms with Crippen LogP contribution in [0.25, 0.3) is 0 Å². The van der Waals surface area contributed by atoms with Crippen LogP contribution < -0.4 is 4.90 Å². The Morgan fingerprint density at radius 3 is 2.32 bits per heavy atom. The monoisotopic (exact) mass is 296 g/mol. The lowest BCUT2D eigenvalue weighted by Crippen LogP contribution is -2.13. The van der Waals surface area contributed by atoms with E-state index in [2.05, 4.69) is 4.99 Å². The average Bonchev–Trinajstić information content (AvgIpc) is 2.53. The predicted molar refractivity (Wildman–Crippen MR) is 90.0 cm³/mol. The highest BCUT2D eigenvalue weighted by Crippen LogP contribution is 2.15. The summed E-state index contributed by atoms with van der Waals surface area (Å²) in [6.45, 7) is 3.66. The topological polar surface area (TPSA) is 41.9 Å². The van der Waals surface area contributed by atoms with Crippen molar-refractivity contribution in [3.8, 4) is 0 Å². The number of esters is 1. The van der Waals surface area contributed by atoms with Crippen LogP contribution in [-0.4, -0.2) is 25.5 Å². The van der Waals surface area contributed by atoms with Crippen LogP contribution in [0.5, 0.6) is 0 Å². The van der Waals surface area contributed by atoms with Crippen molar-refractivity contribution >= 4 is 23.7 Å². The minimum absolute atomic E-state index is 0.121. The summed E-state index contributed by atoms with van der Waals surface area (Å²) in [5.74, 6) is -0.313. The van der Waals surface area contributed by atoms with Crippen molar-refractivity contribution in [2.24, 2.45) is 4.99 Å². The van der Waals surface area contributed by atoms with Crippen LogP contribution in [0.15, 0.2) is 59.6 Å². The van der Waals surface area contributed by atoms with E-state index in [0.717, 1.165) is 11.4 Å². The molecule has 2 aromatic rings. The summed E-state index contributed by atoms with van der Waals surface area (Å²) in [5, 5.41) is 0. The third-order valence-electron chi connectivity index (χ3n) is 2.99. The SMILES string of the molecule is CC(C)OC(=O)c1ccc(N=CN(C)c2ccccc2)cc1. The summed E-state index contributed by atoms with van der Waals surface area (Å²) >= 11 is 0. The Morgan fingerprint density at radius 1 is 1.09 bits per heavy atom. The van der Waals surface area contributed by atoms with Gasteiger partial charge in [0.1, 0.15) is 0 Å². The second-order valence-corrected chi connectivity index (χ2v) is 5.19. The number of hydrogen-bond donors (Lipinski definition) is 0. The molecule has 0 heterocycles. The second kappa shape index (κ2) is 7.41. The Balaban J connectivity index is 2.02. The number of anilines is 1. The van der Waals surface area contributed by atoms with E-state index < -0.39 is 0 Å². The highest BCUT2D eigenvalue weighted by Gasteiger charge is 2.08. The molecule has 0 aliphatic heterocycles. The number of aliphatic imine (C=N–C) groups is 1. The fourth-order valence-corrected chi connectivity index (χ4v) is 1.85. The Labute approximate surface area is 131 Å². The molecule has 0 aliphatic carbocycles. The first-order chi connectivity index (χ1) is 10.6. The third kappa shape index (κ3) is 4.45. The van der Waals surface area contributed by atoms with E-state index in [9.17, 15) is 4.79 Å². The fourth-order valence-electron chi connectivity index (χ4n) is 1.85. The molecule has 0 saturated heterocycles. The highest BCUT2D eigenvalue weighted by atomic mass is 16.5. The van der Waals surface area contributed by atoms with E-state index in [1.54, 1.807) is 30.6 Å². The number of benzene rings is 2. The maximum absolute atomic E-state index is 11.7. The first kappa shape index (κ1) is 15.8. The fraction of sp³-hybridized carbons (Fsp3) is 0.222. The first-order valence-electron chi connectivity index (χ1n) is 7.19. The Bertz CT molecular complexity index is 634. The minimum atomic E-state index is -0.313. The number of para-hydroxylation sites is 1. The zero-order chi connectivity index (χ0) is 15.9. The normalized spacial score (nSPS) is 10.9. The summed E-state index contributed by atoms with van der Waals surface area (Å²) in [6, 6.07) is 17.0. The van der Waals surface area contributed by atoms with Gasteiger partial charge in [0.15, 0.2) is 0 Å². The number of rotatable bonds is 5. The molecule has 0 bridgehead atoms. The Hall–Kier alpha value is -2.62. The van der Waals surface area contributed by atoms with E-state index in [4.69, 9.17) is 4.74 Å². The van der Waals surface area contributed by atoms with Crippen molar-refractivity contribution in [1.29, 1.82) is 0 Å². The Kier molecular flexibility index (Phi) is 5.31. The molecule has 0 saturated carbocycles. The molecule has 4 heteroatoms. The summed E-state index contributed by atoms with van der Waals surface area (Å²) in [6.07, 6.45) is 1.63. The summed E-state index contributed by atoms with van der Waals surface area (Å²) in [7, 11) is 1.94. The molecule has 0 aromatic heterocycles. The van der Waals surface area contributed by atoms with Gasteiger partial charge >= 0.3 is 5.97 Å². The van der Waals surface area contributed by atoms with Crippen molar-refractivity contribution < 1.29 is 9.53 Å². The molecule has 2 rings (SSSR count). The van der Waals surface area contributed by atoms with Crippen LogP contribution in [0.3, 0.4) is 0 Å². The van der Waals surface area contributed by atoms with Gasteiger partial charge in [0, 0.05) is 12.7 Å². The number of carbonyl (C=O) groups is 1. The summed E-state index contributed by atoms with van der Waals surface area (Å²) in [5.41, 5.74) is 2.37. The van der Waals surface area contributed by atoms with E-state index >= 15 is 0 Å². The van der Waals surface area contributed by atoms with Gasteiger partial charge in [-0.1, -0.05) is 18.2 Å². The van der Waals surface area contributed by atoms with Gasteiger partial charge in [-0.15, -0.1) is 0 Å². The van der Waals surface area contributed by atoms with Crippen molar-refractivity contribution in [3.05, 3.63) is 60.2 Å². The van der Waals surface area contributed by atoms with Crippen molar-refractivity contribution in [3.63, 3.8) is 0 Å². The average molecular weight is 296 g/mol. The van der Waals surface area contributed by atoms with Crippen LogP contribution in [-0.2, 0) is 4.74 Å². The van der Waals surface area contributed by atoms with E-state index in [-0.39, 0.29) is 12.1 Å². The van der Waals surface area contributed by atoms with Crippen LogP contribution in [0, 0.1) is 0 Å². The molecular weight excluding hydrogens is 276 g/mol. The molecule has 22 heavy (non-hydrogen) atoms. The lowest BCUT2D eigenvalue weighted by Gasteiger charge is -2.12. The molecule has 0 unspecified atom stereocenters. The van der Waals surface area contributed by atoms with Crippen molar-refractivity contribution in [2.75, 3.05) is 11.9 Å². The zero-order valence-corrected chi connectivity index (χ0v) is 13.1. The standard InChI is InChI=1S/C18H20N2O2/c1-14(2)22-18(21)15-9-11-16(12-10-15)19-13-20(3)17-7-5-4-6-8-17/h4-14H,1-3H3. The minimum Gasteiger partial charge on any atom is -0.459 e. The number of hydrogen-bond acceptors (Lipinski definition) is 3. The quantitative estimate of drug-likeness (QED) is 0.475. The van der Waals surface area contributed by atoms with Crippen molar-refractivity contribution in [1.82, 2.24) is 0 Å². The lowest BCUT2D eigenvalue weighted by atomic mass is 10.2. The maximum atomic E-state index is 11.7. The van der Waals surface area contributed by atoms with Gasteiger partial charge in [-0.3, -0.25) is 0 Å². The zero-order valence-electron chi connectivity index (χ0n) is 13.1.